The summed E-state index contributed by atoms with van der Waals surface area (Å²) in [5.74, 6) is -0.439. The lowest BCUT2D eigenvalue weighted by Gasteiger charge is -2.07. The first-order valence-electron chi connectivity index (χ1n) is 5.52. The zero-order valence-electron chi connectivity index (χ0n) is 10.1. The molecule has 1 aromatic carbocycles. The molecule has 0 saturated carbocycles. The molecule has 0 aliphatic carbocycles. The molecule has 1 aromatic heterocycles. The smallest absolute Gasteiger partial charge is 0.316 e. The lowest BCUT2D eigenvalue weighted by atomic mass is 10.2. The highest BCUT2D eigenvalue weighted by atomic mass is 35.5. The van der Waals surface area contributed by atoms with E-state index >= 15 is 0 Å². The number of hydrogen-bond donors (Lipinski definition) is 3. The van der Waals surface area contributed by atoms with Gasteiger partial charge in [-0.05, 0) is 30.3 Å². The topological polar surface area (TPSA) is 110 Å². The van der Waals surface area contributed by atoms with Crippen molar-refractivity contribution < 1.29 is 9.59 Å². The summed E-state index contributed by atoms with van der Waals surface area (Å²) >= 11 is 5.59. The lowest BCUT2D eigenvalue weighted by Crippen LogP contribution is -2.19. The highest BCUT2D eigenvalue weighted by molar-refractivity contribution is 6.29. The molecule has 3 amide bonds. The standard InChI is InChI=1S/C12H10ClN5O2/c13-10-5-4-9(17-18-10)11(19)15-7-2-1-3-8(6-7)16-12(14)20/h1-6H,(H,15,19)(H3,14,16,20). The maximum Gasteiger partial charge on any atom is 0.316 e. The van der Waals surface area contributed by atoms with Crippen LogP contribution in [0.25, 0.3) is 0 Å². The Morgan fingerprint density at radius 1 is 1.05 bits per heavy atom. The van der Waals surface area contributed by atoms with Gasteiger partial charge < -0.3 is 16.4 Å². The lowest BCUT2D eigenvalue weighted by molar-refractivity contribution is 0.102. The number of nitrogens with zero attached hydrogens (tertiary/aromatic N) is 2. The Morgan fingerprint density at radius 3 is 2.35 bits per heavy atom. The van der Waals surface area contributed by atoms with Gasteiger partial charge in [-0.25, -0.2) is 4.79 Å². The number of carbonyl (C=O) groups is 2. The number of aromatic nitrogens is 2. The van der Waals surface area contributed by atoms with Crippen LogP contribution in [0.2, 0.25) is 5.15 Å². The average molecular weight is 292 g/mol. The van der Waals surface area contributed by atoms with Crippen LogP contribution in [0, 0.1) is 0 Å². The predicted octanol–water partition coefficient (Wildman–Crippen LogP) is 1.87. The Hall–Kier alpha value is -2.67. The molecule has 7 nitrogen and oxygen atoms in total. The molecule has 0 saturated heterocycles. The molecule has 2 aromatic rings. The van der Waals surface area contributed by atoms with Crippen LogP contribution in [0.3, 0.4) is 0 Å². The van der Waals surface area contributed by atoms with Gasteiger partial charge in [-0.1, -0.05) is 17.7 Å². The molecule has 1 heterocycles. The van der Waals surface area contributed by atoms with E-state index in [1.807, 2.05) is 0 Å². The second-order valence-electron chi connectivity index (χ2n) is 3.77. The van der Waals surface area contributed by atoms with Gasteiger partial charge in [-0.3, -0.25) is 4.79 Å². The third-order valence-electron chi connectivity index (χ3n) is 2.25. The van der Waals surface area contributed by atoms with E-state index in [-0.39, 0.29) is 10.8 Å². The molecule has 0 fully saturated rings. The zero-order valence-corrected chi connectivity index (χ0v) is 10.9. The quantitative estimate of drug-likeness (QED) is 0.801. The van der Waals surface area contributed by atoms with Gasteiger partial charge in [0, 0.05) is 11.4 Å². The predicted molar refractivity (Wildman–Crippen MR) is 74.6 cm³/mol. The molecule has 0 aliphatic heterocycles. The Bertz CT molecular complexity index is 645. The van der Waals surface area contributed by atoms with Gasteiger partial charge in [0.2, 0.25) is 0 Å². The van der Waals surface area contributed by atoms with Gasteiger partial charge in [-0.15, -0.1) is 10.2 Å². The number of hydrogen-bond acceptors (Lipinski definition) is 4. The third-order valence-corrected chi connectivity index (χ3v) is 2.45. The van der Waals surface area contributed by atoms with Crippen molar-refractivity contribution in [2.45, 2.75) is 0 Å². The molecule has 0 spiro atoms. The van der Waals surface area contributed by atoms with Crippen LogP contribution in [0.15, 0.2) is 36.4 Å². The number of amides is 3. The Balaban J connectivity index is 2.11. The minimum atomic E-state index is -0.683. The summed E-state index contributed by atoms with van der Waals surface area (Å²) in [5, 5.41) is 12.5. The SMILES string of the molecule is NC(=O)Nc1cccc(NC(=O)c2ccc(Cl)nn2)c1. The molecular formula is C12H10ClN5O2. The van der Waals surface area contributed by atoms with Gasteiger partial charge in [0.05, 0.1) is 0 Å². The van der Waals surface area contributed by atoms with Crippen molar-refractivity contribution in [2.24, 2.45) is 5.73 Å². The Kier molecular flexibility index (Phi) is 4.11. The fourth-order valence-electron chi connectivity index (χ4n) is 1.45. The third kappa shape index (κ3) is 3.66. The van der Waals surface area contributed by atoms with Gasteiger partial charge in [0.1, 0.15) is 0 Å². The zero-order chi connectivity index (χ0) is 14.5. The van der Waals surface area contributed by atoms with Crippen LogP contribution in [-0.2, 0) is 0 Å². The number of primary amides is 1. The second kappa shape index (κ2) is 5.98. The van der Waals surface area contributed by atoms with Crippen molar-refractivity contribution in [3.05, 3.63) is 47.2 Å². The van der Waals surface area contributed by atoms with Crippen LogP contribution in [0.5, 0.6) is 0 Å². The van der Waals surface area contributed by atoms with Crippen molar-refractivity contribution in [2.75, 3.05) is 10.6 Å². The number of urea groups is 1. The Labute approximate surface area is 119 Å². The maximum absolute atomic E-state index is 11.9. The van der Waals surface area contributed by atoms with E-state index in [4.69, 9.17) is 17.3 Å². The number of carbonyl (C=O) groups excluding carboxylic acids is 2. The molecular weight excluding hydrogens is 282 g/mol. The number of benzene rings is 1. The minimum Gasteiger partial charge on any atom is -0.351 e. The highest BCUT2D eigenvalue weighted by Gasteiger charge is 2.08. The summed E-state index contributed by atoms with van der Waals surface area (Å²) in [6, 6.07) is 8.76. The molecule has 2 rings (SSSR count). The van der Waals surface area contributed by atoms with Crippen molar-refractivity contribution in [3.8, 4) is 0 Å². The average Bonchev–Trinajstić information content (AvgIpc) is 2.39. The van der Waals surface area contributed by atoms with E-state index in [0.717, 1.165) is 0 Å². The largest absolute Gasteiger partial charge is 0.351 e. The van der Waals surface area contributed by atoms with E-state index in [0.29, 0.717) is 11.4 Å². The van der Waals surface area contributed by atoms with Gasteiger partial charge in [0.15, 0.2) is 10.8 Å². The molecule has 0 radical (unpaired) electrons. The number of rotatable bonds is 3. The van der Waals surface area contributed by atoms with E-state index < -0.39 is 11.9 Å². The summed E-state index contributed by atoms with van der Waals surface area (Å²) in [6.45, 7) is 0. The fraction of sp³-hybridized carbons (Fsp3) is 0. The van der Waals surface area contributed by atoms with Crippen molar-refractivity contribution in [1.82, 2.24) is 10.2 Å². The fourth-order valence-corrected chi connectivity index (χ4v) is 1.55. The normalized spacial score (nSPS) is 9.85. The van der Waals surface area contributed by atoms with Gasteiger partial charge >= 0.3 is 6.03 Å². The van der Waals surface area contributed by atoms with Crippen LogP contribution >= 0.6 is 11.6 Å². The summed E-state index contributed by atoms with van der Waals surface area (Å²) in [5.41, 5.74) is 6.09. The summed E-state index contributed by atoms with van der Waals surface area (Å²) in [7, 11) is 0. The minimum absolute atomic E-state index is 0.127. The molecule has 20 heavy (non-hydrogen) atoms. The summed E-state index contributed by atoms with van der Waals surface area (Å²) < 4.78 is 0. The van der Waals surface area contributed by atoms with E-state index in [1.165, 1.54) is 12.1 Å². The van der Waals surface area contributed by atoms with Crippen molar-refractivity contribution >= 4 is 34.9 Å². The first kappa shape index (κ1) is 13.8. The number of nitrogens with one attached hydrogen (secondary N) is 2. The Morgan fingerprint density at radius 2 is 1.75 bits per heavy atom. The highest BCUT2D eigenvalue weighted by Crippen LogP contribution is 2.15. The molecule has 102 valence electrons. The maximum atomic E-state index is 11.9. The number of halogens is 1. The first-order chi connectivity index (χ1) is 9.54. The second-order valence-corrected chi connectivity index (χ2v) is 4.15. The van der Waals surface area contributed by atoms with Gasteiger partial charge in [-0.2, -0.15) is 0 Å². The van der Waals surface area contributed by atoms with Crippen molar-refractivity contribution in [3.63, 3.8) is 0 Å². The molecule has 4 N–H and O–H groups in total. The van der Waals surface area contributed by atoms with Crippen molar-refractivity contribution in [1.29, 1.82) is 0 Å². The van der Waals surface area contributed by atoms with E-state index in [1.54, 1.807) is 24.3 Å². The molecule has 0 unspecified atom stereocenters. The van der Waals surface area contributed by atoms with E-state index in [2.05, 4.69) is 20.8 Å². The number of nitrogens with two attached hydrogens (primary N) is 1. The monoisotopic (exact) mass is 291 g/mol. The van der Waals surface area contributed by atoms with E-state index in [9.17, 15) is 9.59 Å². The van der Waals surface area contributed by atoms with Crippen LogP contribution < -0.4 is 16.4 Å². The molecule has 0 bridgehead atoms. The van der Waals surface area contributed by atoms with Gasteiger partial charge in [0.25, 0.3) is 5.91 Å². The van der Waals surface area contributed by atoms with Crippen LogP contribution in [0.4, 0.5) is 16.2 Å². The van der Waals surface area contributed by atoms with Crippen LogP contribution in [0.1, 0.15) is 10.5 Å². The summed E-state index contributed by atoms with van der Waals surface area (Å²) in [4.78, 5) is 22.6. The molecule has 0 aliphatic rings. The summed E-state index contributed by atoms with van der Waals surface area (Å²) in [6.07, 6.45) is 0. The molecule has 0 atom stereocenters. The molecule has 8 heteroatoms. The first-order valence-corrected chi connectivity index (χ1v) is 5.89. The van der Waals surface area contributed by atoms with Crippen LogP contribution in [-0.4, -0.2) is 22.1 Å². The number of anilines is 2.